The Hall–Kier alpha value is -0.770. The van der Waals surface area contributed by atoms with E-state index in [4.69, 9.17) is 21.1 Å². The summed E-state index contributed by atoms with van der Waals surface area (Å²) in [6, 6.07) is 3.30. The van der Waals surface area contributed by atoms with Crippen LogP contribution in [-0.2, 0) is 10.0 Å². The summed E-state index contributed by atoms with van der Waals surface area (Å²) in [6.07, 6.45) is 0.849. The number of nitrogens with one attached hydrogen (secondary N) is 1. The Labute approximate surface area is 165 Å². The Balaban J connectivity index is 0.00000196. The van der Waals surface area contributed by atoms with Crippen molar-refractivity contribution in [2.24, 2.45) is 0 Å². The molecule has 3 heterocycles. The van der Waals surface area contributed by atoms with Crippen LogP contribution < -0.4 is 14.8 Å². The van der Waals surface area contributed by atoms with Crippen molar-refractivity contribution in [3.05, 3.63) is 17.2 Å². The minimum Gasteiger partial charge on any atom is -0.486 e. The lowest BCUT2D eigenvalue weighted by Crippen LogP contribution is -2.49. The second-order valence-corrected chi connectivity index (χ2v) is 8.83. The van der Waals surface area contributed by atoms with Crippen LogP contribution in [0.4, 0.5) is 0 Å². The van der Waals surface area contributed by atoms with Crippen molar-refractivity contribution >= 4 is 34.0 Å². The van der Waals surface area contributed by atoms with Crippen molar-refractivity contribution in [3.63, 3.8) is 0 Å². The van der Waals surface area contributed by atoms with Gasteiger partial charge in [-0.3, -0.25) is 4.90 Å². The number of rotatable bonds is 3. The normalized spacial score (nSPS) is 24.3. The molecule has 10 heteroatoms. The lowest BCUT2D eigenvalue weighted by molar-refractivity contribution is 0.171. The molecule has 7 nitrogen and oxygen atoms in total. The van der Waals surface area contributed by atoms with E-state index in [0.717, 1.165) is 32.6 Å². The van der Waals surface area contributed by atoms with E-state index in [9.17, 15) is 8.42 Å². The molecule has 2 fully saturated rings. The Kier molecular flexibility index (Phi) is 6.21. The molecule has 0 aliphatic carbocycles. The Morgan fingerprint density at radius 1 is 1.08 bits per heavy atom. The van der Waals surface area contributed by atoms with Gasteiger partial charge in [-0.2, -0.15) is 4.31 Å². The van der Waals surface area contributed by atoms with Crippen molar-refractivity contribution in [1.82, 2.24) is 14.5 Å². The van der Waals surface area contributed by atoms with Gasteiger partial charge in [0.2, 0.25) is 10.0 Å². The highest BCUT2D eigenvalue weighted by atomic mass is 35.5. The maximum atomic E-state index is 13.1. The lowest BCUT2D eigenvalue weighted by atomic mass is 10.2. The molecule has 0 aromatic heterocycles. The van der Waals surface area contributed by atoms with E-state index >= 15 is 0 Å². The van der Waals surface area contributed by atoms with Gasteiger partial charge in [0.1, 0.15) is 18.1 Å². The fourth-order valence-corrected chi connectivity index (χ4v) is 5.66. The zero-order valence-corrected chi connectivity index (χ0v) is 16.7. The highest BCUT2D eigenvalue weighted by Crippen LogP contribution is 2.39. The number of sulfonamides is 1. The number of ether oxygens (including phenoxy) is 2. The fraction of sp³-hybridized carbons (Fsp3) is 0.625. The molecule has 3 aliphatic rings. The summed E-state index contributed by atoms with van der Waals surface area (Å²) in [5.41, 5.74) is 0. The molecule has 1 aromatic rings. The minimum absolute atomic E-state index is 0. The number of fused-ring (bicyclic) bond motifs is 1. The molecular weight excluding hydrogens is 401 g/mol. The Morgan fingerprint density at radius 3 is 2.42 bits per heavy atom. The van der Waals surface area contributed by atoms with Crippen molar-refractivity contribution in [2.45, 2.75) is 17.4 Å². The molecular formula is C16H23Cl2N3O4S. The van der Waals surface area contributed by atoms with Gasteiger partial charge in [-0.15, -0.1) is 12.4 Å². The lowest BCUT2D eigenvalue weighted by Gasteiger charge is -2.32. The maximum absolute atomic E-state index is 13.1. The molecule has 0 bridgehead atoms. The smallest absolute Gasteiger partial charge is 0.244 e. The van der Waals surface area contributed by atoms with E-state index in [1.165, 1.54) is 16.4 Å². The molecule has 0 saturated carbocycles. The van der Waals surface area contributed by atoms with E-state index in [-0.39, 0.29) is 28.4 Å². The molecule has 2 saturated heterocycles. The molecule has 146 valence electrons. The SMILES string of the molecule is Cl.O=S(=O)(c1cc2c(cc1Cl)OCCO2)N1CCC(N2CCNCC2)C1. The minimum atomic E-state index is -3.65. The van der Waals surface area contributed by atoms with E-state index in [2.05, 4.69) is 10.2 Å². The number of benzene rings is 1. The first-order valence-electron chi connectivity index (χ1n) is 8.60. The zero-order chi connectivity index (χ0) is 17.4. The molecule has 1 aromatic carbocycles. The second-order valence-electron chi connectivity index (χ2n) is 6.52. The Bertz CT molecular complexity index is 756. The van der Waals surface area contributed by atoms with Gasteiger partial charge in [-0.05, 0) is 6.42 Å². The zero-order valence-electron chi connectivity index (χ0n) is 14.3. The van der Waals surface area contributed by atoms with Crippen LogP contribution in [-0.4, -0.2) is 76.1 Å². The predicted octanol–water partition coefficient (Wildman–Crippen LogP) is 1.20. The average Bonchev–Trinajstić information content (AvgIpc) is 3.13. The van der Waals surface area contributed by atoms with Crippen LogP contribution in [0.1, 0.15) is 6.42 Å². The van der Waals surface area contributed by atoms with E-state index in [1.54, 1.807) is 0 Å². The van der Waals surface area contributed by atoms with Gasteiger partial charge in [-0.1, -0.05) is 11.6 Å². The molecule has 0 spiro atoms. The molecule has 0 radical (unpaired) electrons. The van der Waals surface area contributed by atoms with E-state index < -0.39 is 10.0 Å². The van der Waals surface area contributed by atoms with Crippen molar-refractivity contribution in [1.29, 1.82) is 0 Å². The highest BCUT2D eigenvalue weighted by Gasteiger charge is 2.37. The third-order valence-electron chi connectivity index (χ3n) is 5.01. The molecule has 3 aliphatic heterocycles. The first-order chi connectivity index (χ1) is 12.1. The molecule has 26 heavy (non-hydrogen) atoms. The van der Waals surface area contributed by atoms with Crippen LogP contribution in [0.15, 0.2) is 17.0 Å². The molecule has 1 unspecified atom stereocenters. The topological polar surface area (TPSA) is 71.1 Å². The van der Waals surface area contributed by atoms with Gasteiger partial charge >= 0.3 is 0 Å². The van der Waals surface area contributed by atoms with Gasteiger partial charge < -0.3 is 14.8 Å². The third-order valence-corrected chi connectivity index (χ3v) is 7.34. The quantitative estimate of drug-likeness (QED) is 0.787. The molecule has 0 amide bonds. The summed E-state index contributed by atoms with van der Waals surface area (Å²) in [5.74, 6) is 0.933. The summed E-state index contributed by atoms with van der Waals surface area (Å²) in [7, 11) is -3.65. The van der Waals surface area contributed by atoms with Crippen LogP contribution in [0.2, 0.25) is 5.02 Å². The largest absolute Gasteiger partial charge is 0.486 e. The van der Waals surface area contributed by atoms with Crippen LogP contribution in [0, 0.1) is 0 Å². The van der Waals surface area contributed by atoms with Crippen LogP contribution in [0.5, 0.6) is 11.5 Å². The third kappa shape index (κ3) is 3.76. The van der Waals surface area contributed by atoms with E-state index in [0.29, 0.717) is 37.8 Å². The van der Waals surface area contributed by atoms with Crippen molar-refractivity contribution in [3.8, 4) is 11.5 Å². The maximum Gasteiger partial charge on any atom is 0.244 e. The molecule has 1 N–H and O–H groups in total. The first-order valence-corrected chi connectivity index (χ1v) is 10.4. The summed E-state index contributed by atoms with van der Waals surface area (Å²) < 4.78 is 38.7. The van der Waals surface area contributed by atoms with Crippen LogP contribution in [0.3, 0.4) is 0 Å². The van der Waals surface area contributed by atoms with Crippen molar-refractivity contribution < 1.29 is 17.9 Å². The van der Waals surface area contributed by atoms with Crippen LogP contribution >= 0.6 is 24.0 Å². The number of hydrogen-bond acceptors (Lipinski definition) is 6. The first kappa shape index (κ1) is 20.0. The predicted molar refractivity (Wildman–Crippen MR) is 101 cm³/mol. The highest BCUT2D eigenvalue weighted by molar-refractivity contribution is 7.89. The standard InChI is InChI=1S/C16H22ClN3O4S.ClH/c17-13-9-14-15(24-8-7-23-14)10-16(13)25(21,22)20-4-1-12(11-20)19-5-2-18-3-6-19;/h9-10,12,18H,1-8,11H2;1H. The number of piperazine rings is 1. The molecule has 1 atom stereocenters. The fourth-order valence-electron chi connectivity index (χ4n) is 3.66. The second kappa shape index (κ2) is 8.08. The Morgan fingerprint density at radius 2 is 1.73 bits per heavy atom. The van der Waals surface area contributed by atoms with Gasteiger partial charge in [-0.25, -0.2) is 8.42 Å². The summed E-state index contributed by atoms with van der Waals surface area (Å²) in [5, 5.41) is 3.50. The summed E-state index contributed by atoms with van der Waals surface area (Å²) in [6.45, 7) is 5.70. The number of nitrogens with zero attached hydrogens (tertiary/aromatic N) is 2. The number of hydrogen-bond donors (Lipinski definition) is 1. The van der Waals surface area contributed by atoms with Crippen molar-refractivity contribution in [2.75, 3.05) is 52.5 Å². The molecule has 4 rings (SSSR count). The van der Waals surface area contributed by atoms with Gasteiger partial charge in [0.05, 0.1) is 5.02 Å². The summed E-state index contributed by atoms with van der Waals surface area (Å²) in [4.78, 5) is 2.47. The summed E-state index contributed by atoms with van der Waals surface area (Å²) >= 11 is 6.25. The van der Waals surface area contributed by atoms with Crippen LogP contribution in [0.25, 0.3) is 0 Å². The average molecular weight is 424 g/mol. The van der Waals surface area contributed by atoms with E-state index in [1.807, 2.05) is 0 Å². The van der Waals surface area contributed by atoms with Gasteiger partial charge in [0, 0.05) is 57.4 Å². The van der Waals surface area contributed by atoms with Gasteiger partial charge in [0.15, 0.2) is 11.5 Å². The van der Waals surface area contributed by atoms with Gasteiger partial charge in [0.25, 0.3) is 0 Å². The number of halogens is 2. The monoisotopic (exact) mass is 423 g/mol.